The number of rotatable bonds is 6. The molecule has 102 valence electrons. The summed E-state index contributed by atoms with van der Waals surface area (Å²) < 4.78 is 5.20. The van der Waals surface area contributed by atoms with Gasteiger partial charge in [0.05, 0.1) is 25.4 Å². The van der Waals surface area contributed by atoms with Gasteiger partial charge in [-0.2, -0.15) is 11.8 Å². The molecule has 1 aliphatic carbocycles. The molecular formula is C12H19NO4S. The van der Waals surface area contributed by atoms with Crippen LogP contribution in [0.1, 0.15) is 19.3 Å². The molecule has 0 bridgehead atoms. The van der Waals surface area contributed by atoms with Gasteiger partial charge in [-0.25, -0.2) is 0 Å². The number of thioether (sulfide) groups is 1. The number of amides is 1. The van der Waals surface area contributed by atoms with Crippen molar-refractivity contribution in [2.45, 2.75) is 19.3 Å². The highest BCUT2D eigenvalue weighted by Crippen LogP contribution is 2.50. The van der Waals surface area contributed by atoms with Crippen LogP contribution in [0.2, 0.25) is 0 Å². The van der Waals surface area contributed by atoms with Crippen LogP contribution >= 0.6 is 11.8 Å². The van der Waals surface area contributed by atoms with E-state index in [9.17, 15) is 9.59 Å². The lowest BCUT2D eigenvalue weighted by Crippen LogP contribution is -2.41. The van der Waals surface area contributed by atoms with E-state index in [1.165, 1.54) is 0 Å². The summed E-state index contributed by atoms with van der Waals surface area (Å²) in [4.78, 5) is 24.4. The van der Waals surface area contributed by atoms with E-state index in [0.29, 0.717) is 32.1 Å². The third-order valence-corrected chi connectivity index (χ3v) is 4.75. The Bertz CT molecular complexity index is 324. The van der Waals surface area contributed by atoms with Crippen molar-refractivity contribution in [3.8, 4) is 0 Å². The monoisotopic (exact) mass is 273 g/mol. The van der Waals surface area contributed by atoms with Crippen molar-refractivity contribution in [2.24, 2.45) is 5.41 Å². The minimum Gasteiger partial charge on any atom is -0.481 e. The number of carboxylic acids is 1. The van der Waals surface area contributed by atoms with Crippen LogP contribution in [-0.4, -0.2) is 59.7 Å². The van der Waals surface area contributed by atoms with Gasteiger partial charge in [-0.15, -0.1) is 0 Å². The van der Waals surface area contributed by atoms with Crippen LogP contribution in [0.3, 0.4) is 0 Å². The van der Waals surface area contributed by atoms with Gasteiger partial charge in [0.2, 0.25) is 5.91 Å². The molecule has 0 radical (unpaired) electrons. The van der Waals surface area contributed by atoms with Crippen molar-refractivity contribution < 1.29 is 19.4 Å². The van der Waals surface area contributed by atoms with E-state index in [1.807, 2.05) is 4.90 Å². The van der Waals surface area contributed by atoms with E-state index >= 15 is 0 Å². The molecule has 6 heteroatoms. The molecule has 1 aliphatic heterocycles. The topological polar surface area (TPSA) is 66.8 Å². The molecule has 2 fully saturated rings. The molecule has 1 N–H and O–H groups in total. The van der Waals surface area contributed by atoms with Crippen molar-refractivity contribution in [2.75, 3.05) is 37.8 Å². The maximum Gasteiger partial charge on any atom is 0.303 e. The maximum absolute atomic E-state index is 11.9. The van der Waals surface area contributed by atoms with E-state index in [2.05, 4.69) is 0 Å². The summed E-state index contributed by atoms with van der Waals surface area (Å²) in [6, 6.07) is 0. The number of aliphatic carboxylic acids is 1. The van der Waals surface area contributed by atoms with Crippen LogP contribution in [0.5, 0.6) is 0 Å². The Kier molecular flexibility index (Phi) is 4.50. The summed E-state index contributed by atoms with van der Waals surface area (Å²) in [5.74, 6) is 0.665. The molecule has 0 spiro atoms. The average Bonchev–Trinajstić information content (AvgIpc) is 3.09. The summed E-state index contributed by atoms with van der Waals surface area (Å²) >= 11 is 1.57. The van der Waals surface area contributed by atoms with Crippen molar-refractivity contribution in [3.63, 3.8) is 0 Å². The number of carboxylic acid groups (broad SMARTS) is 1. The lowest BCUT2D eigenvalue weighted by Gasteiger charge is -2.26. The van der Waals surface area contributed by atoms with Crippen molar-refractivity contribution in [3.05, 3.63) is 0 Å². The molecule has 1 saturated carbocycles. The molecule has 2 aliphatic rings. The SMILES string of the molecule is O=C(O)CC1(CSCC(=O)N2CCOCC2)CC1. The van der Waals surface area contributed by atoms with Crippen LogP contribution in [0, 0.1) is 5.41 Å². The second-order valence-electron chi connectivity index (χ2n) is 5.06. The molecule has 0 aromatic heterocycles. The van der Waals surface area contributed by atoms with E-state index in [-0.39, 0.29) is 17.7 Å². The van der Waals surface area contributed by atoms with E-state index < -0.39 is 5.97 Å². The second kappa shape index (κ2) is 5.93. The Morgan fingerprint density at radius 3 is 2.50 bits per heavy atom. The molecule has 5 nitrogen and oxygen atoms in total. The third kappa shape index (κ3) is 3.88. The van der Waals surface area contributed by atoms with Crippen LogP contribution in [0.25, 0.3) is 0 Å². The Labute approximate surface area is 111 Å². The number of morpholine rings is 1. The minimum absolute atomic E-state index is 0.0260. The number of carbonyl (C=O) groups excluding carboxylic acids is 1. The van der Waals surface area contributed by atoms with Crippen LogP contribution in [0.15, 0.2) is 0 Å². The van der Waals surface area contributed by atoms with Crippen LogP contribution in [-0.2, 0) is 14.3 Å². The van der Waals surface area contributed by atoms with Gasteiger partial charge in [0.25, 0.3) is 0 Å². The highest BCUT2D eigenvalue weighted by Gasteiger charge is 2.44. The molecule has 2 rings (SSSR count). The van der Waals surface area contributed by atoms with Crippen molar-refractivity contribution in [1.82, 2.24) is 4.90 Å². The van der Waals surface area contributed by atoms with Gasteiger partial charge in [0.15, 0.2) is 0 Å². The van der Waals surface area contributed by atoms with E-state index in [0.717, 1.165) is 18.6 Å². The third-order valence-electron chi connectivity index (χ3n) is 3.48. The van der Waals surface area contributed by atoms with Gasteiger partial charge in [-0.05, 0) is 24.0 Å². The average molecular weight is 273 g/mol. The van der Waals surface area contributed by atoms with Gasteiger partial charge < -0.3 is 14.7 Å². The zero-order valence-electron chi connectivity index (χ0n) is 10.4. The number of hydrogen-bond donors (Lipinski definition) is 1. The van der Waals surface area contributed by atoms with Crippen molar-refractivity contribution >= 4 is 23.6 Å². The molecule has 1 heterocycles. The smallest absolute Gasteiger partial charge is 0.303 e. The first-order chi connectivity index (χ1) is 8.61. The molecule has 18 heavy (non-hydrogen) atoms. The lowest BCUT2D eigenvalue weighted by molar-refractivity contribution is -0.138. The van der Waals surface area contributed by atoms with Gasteiger partial charge in [-0.1, -0.05) is 0 Å². The Morgan fingerprint density at radius 2 is 1.94 bits per heavy atom. The first-order valence-electron chi connectivity index (χ1n) is 6.26. The molecule has 0 aromatic rings. The molecular weight excluding hydrogens is 254 g/mol. The fraction of sp³-hybridized carbons (Fsp3) is 0.833. The Morgan fingerprint density at radius 1 is 1.28 bits per heavy atom. The molecule has 0 unspecified atom stereocenters. The largest absolute Gasteiger partial charge is 0.481 e. The second-order valence-corrected chi connectivity index (χ2v) is 6.04. The summed E-state index contributed by atoms with van der Waals surface area (Å²) in [7, 11) is 0. The summed E-state index contributed by atoms with van der Waals surface area (Å²) in [5.41, 5.74) is -0.0260. The number of hydrogen-bond acceptors (Lipinski definition) is 4. The first kappa shape index (κ1) is 13.7. The summed E-state index contributed by atoms with van der Waals surface area (Å²) in [6.07, 6.45) is 2.21. The standard InChI is InChI=1S/C12H19NO4S/c14-10(13-3-5-17-6-4-13)8-18-9-12(1-2-12)7-11(15)16/h1-9H2,(H,15,16). The first-order valence-corrected chi connectivity index (χ1v) is 7.42. The molecule has 0 atom stereocenters. The lowest BCUT2D eigenvalue weighted by atomic mass is 10.1. The summed E-state index contributed by atoms with van der Waals surface area (Å²) in [6.45, 7) is 2.61. The highest BCUT2D eigenvalue weighted by atomic mass is 32.2. The van der Waals surface area contributed by atoms with Crippen LogP contribution in [0.4, 0.5) is 0 Å². The normalized spacial score (nSPS) is 21.7. The van der Waals surface area contributed by atoms with Crippen molar-refractivity contribution in [1.29, 1.82) is 0 Å². The number of nitrogens with zero attached hydrogens (tertiary/aromatic N) is 1. The minimum atomic E-state index is -0.729. The maximum atomic E-state index is 11.9. The van der Waals surface area contributed by atoms with E-state index in [4.69, 9.17) is 9.84 Å². The van der Waals surface area contributed by atoms with Crippen LogP contribution < -0.4 is 0 Å². The molecule has 1 amide bonds. The highest BCUT2D eigenvalue weighted by molar-refractivity contribution is 7.99. The molecule has 0 aromatic carbocycles. The zero-order valence-corrected chi connectivity index (χ0v) is 11.2. The predicted octanol–water partition coefficient (Wildman–Crippen LogP) is 0.833. The van der Waals surface area contributed by atoms with Gasteiger partial charge in [0, 0.05) is 13.1 Å². The predicted molar refractivity (Wildman–Crippen MR) is 68.6 cm³/mol. The van der Waals surface area contributed by atoms with Gasteiger partial charge in [-0.3, -0.25) is 9.59 Å². The van der Waals surface area contributed by atoms with Gasteiger partial charge >= 0.3 is 5.97 Å². The number of ether oxygens (including phenoxy) is 1. The number of carbonyl (C=O) groups is 2. The summed E-state index contributed by atoms with van der Waals surface area (Å²) in [5, 5.41) is 8.80. The molecule has 1 saturated heterocycles. The fourth-order valence-corrected chi connectivity index (χ4v) is 3.41. The quantitative estimate of drug-likeness (QED) is 0.776. The zero-order chi connectivity index (χ0) is 13.0. The fourth-order valence-electron chi connectivity index (χ4n) is 2.13. The Balaban J connectivity index is 1.65. The van der Waals surface area contributed by atoms with Gasteiger partial charge in [0.1, 0.15) is 0 Å². The Hall–Kier alpha value is -0.750. The van der Waals surface area contributed by atoms with E-state index in [1.54, 1.807) is 11.8 Å².